The van der Waals surface area contributed by atoms with Gasteiger partial charge in [0.1, 0.15) is 12.7 Å². The summed E-state index contributed by atoms with van der Waals surface area (Å²) in [6.45, 7) is 10.9. The summed E-state index contributed by atoms with van der Waals surface area (Å²) >= 11 is 0. The van der Waals surface area contributed by atoms with E-state index in [1.165, 1.54) is 13.8 Å². The van der Waals surface area contributed by atoms with E-state index in [2.05, 4.69) is 6.92 Å². The second kappa shape index (κ2) is 21.8. The second-order valence-corrected chi connectivity index (χ2v) is 5.41. The Labute approximate surface area is 157 Å². The van der Waals surface area contributed by atoms with Crippen LogP contribution in [0.5, 0.6) is 0 Å². The van der Waals surface area contributed by atoms with Gasteiger partial charge in [-0.3, -0.25) is 9.59 Å². The van der Waals surface area contributed by atoms with Crippen molar-refractivity contribution < 1.29 is 38.0 Å². The molecule has 0 rings (SSSR count). The van der Waals surface area contributed by atoms with Gasteiger partial charge in [-0.1, -0.05) is 13.3 Å². The van der Waals surface area contributed by atoms with Crippen molar-refractivity contribution in [3.05, 3.63) is 0 Å². The Hall–Kier alpha value is -1.22. The summed E-state index contributed by atoms with van der Waals surface area (Å²) < 4.78 is 29.9. The molecule has 1 atom stereocenters. The molecule has 0 radical (unpaired) electrons. The zero-order valence-electron chi connectivity index (χ0n) is 16.9. The van der Waals surface area contributed by atoms with E-state index in [9.17, 15) is 9.59 Å². The molecule has 156 valence electrons. The Kier molecular flexibility index (Phi) is 22.7. The van der Waals surface area contributed by atoms with Gasteiger partial charge in [0.25, 0.3) is 0 Å². The van der Waals surface area contributed by atoms with E-state index >= 15 is 0 Å². The van der Waals surface area contributed by atoms with Crippen LogP contribution in [0, 0.1) is 0 Å². The first kappa shape index (κ1) is 27.0. The van der Waals surface area contributed by atoms with Crippen molar-refractivity contribution in [2.45, 2.75) is 46.6 Å². The highest BCUT2D eigenvalue weighted by Crippen LogP contribution is 1.90. The third-order valence-corrected chi connectivity index (χ3v) is 2.69. The zero-order chi connectivity index (χ0) is 20.0. The van der Waals surface area contributed by atoms with Crippen molar-refractivity contribution in [3.63, 3.8) is 0 Å². The first-order valence-electron chi connectivity index (χ1n) is 8.96. The molecule has 8 nitrogen and oxygen atoms in total. The van der Waals surface area contributed by atoms with Crippen LogP contribution >= 0.6 is 0 Å². The van der Waals surface area contributed by atoms with Crippen molar-refractivity contribution in [2.75, 3.05) is 60.0 Å². The van der Waals surface area contributed by atoms with E-state index < -0.39 is 0 Å². The van der Waals surface area contributed by atoms with Gasteiger partial charge in [0.2, 0.25) is 0 Å². The molecule has 26 heavy (non-hydrogen) atoms. The number of methoxy groups -OCH3 is 1. The van der Waals surface area contributed by atoms with Crippen LogP contribution < -0.4 is 0 Å². The molecule has 0 aromatic heterocycles. The number of carbonyl (C=O) groups is 2. The summed E-state index contributed by atoms with van der Waals surface area (Å²) in [7, 11) is 1.57. The van der Waals surface area contributed by atoms with Crippen LogP contribution in [0.1, 0.15) is 40.5 Å². The minimum Gasteiger partial charge on any atom is -0.463 e. The molecule has 0 saturated carbocycles. The standard InChI is InChI=1S/C12H24O5.C6H12O3/c1-3-4-5-14-6-7-15-8-9-16-10-11-17-12(2)13;1-5(4-8-3)9-6(2)7/h3-11H2,1-2H3;5H,4H2,1-3H3. The molecule has 0 spiro atoms. The van der Waals surface area contributed by atoms with Gasteiger partial charge in [-0.05, 0) is 13.3 Å². The fourth-order valence-corrected chi connectivity index (χ4v) is 1.58. The monoisotopic (exact) mass is 380 g/mol. The van der Waals surface area contributed by atoms with Gasteiger partial charge in [-0.15, -0.1) is 0 Å². The molecule has 0 fully saturated rings. The smallest absolute Gasteiger partial charge is 0.302 e. The van der Waals surface area contributed by atoms with Crippen LogP contribution in [-0.4, -0.2) is 78.0 Å². The largest absolute Gasteiger partial charge is 0.463 e. The number of carbonyl (C=O) groups excluding carboxylic acids is 2. The second-order valence-electron chi connectivity index (χ2n) is 5.41. The Bertz CT molecular complexity index is 322. The predicted octanol–water partition coefficient (Wildman–Crippen LogP) is 1.98. The number of hydrogen-bond donors (Lipinski definition) is 0. The van der Waals surface area contributed by atoms with Gasteiger partial charge in [0.15, 0.2) is 0 Å². The molecular weight excluding hydrogens is 344 g/mol. The minimum atomic E-state index is -0.283. The molecule has 0 amide bonds. The third-order valence-electron chi connectivity index (χ3n) is 2.69. The molecule has 0 bridgehead atoms. The highest BCUT2D eigenvalue weighted by Gasteiger charge is 2.02. The average molecular weight is 380 g/mol. The SMILES string of the molecule is CCCCOCCOCCOCCOC(C)=O.COCC(C)OC(C)=O. The fourth-order valence-electron chi connectivity index (χ4n) is 1.58. The first-order chi connectivity index (χ1) is 12.4. The lowest BCUT2D eigenvalue weighted by atomic mass is 10.4. The van der Waals surface area contributed by atoms with E-state index in [-0.39, 0.29) is 18.0 Å². The van der Waals surface area contributed by atoms with Crippen molar-refractivity contribution in [1.82, 2.24) is 0 Å². The minimum absolute atomic E-state index is 0.132. The van der Waals surface area contributed by atoms with Crippen LogP contribution in [0.2, 0.25) is 0 Å². The third kappa shape index (κ3) is 27.6. The Balaban J connectivity index is 0. The number of hydrogen-bond acceptors (Lipinski definition) is 8. The lowest BCUT2D eigenvalue weighted by molar-refractivity contribution is -0.147. The highest BCUT2D eigenvalue weighted by molar-refractivity contribution is 5.66. The normalized spacial score (nSPS) is 11.3. The van der Waals surface area contributed by atoms with Crippen molar-refractivity contribution in [2.24, 2.45) is 0 Å². The van der Waals surface area contributed by atoms with E-state index in [4.69, 9.17) is 28.4 Å². The number of rotatable bonds is 15. The predicted molar refractivity (Wildman–Crippen MR) is 97.1 cm³/mol. The molecule has 0 aromatic rings. The van der Waals surface area contributed by atoms with Crippen LogP contribution in [-0.2, 0) is 38.0 Å². The molecule has 0 aliphatic heterocycles. The Morgan fingerprint density at radius 2 is 1.31 bits per heavy atom. The van der Waals surface area contributed by atoms with Gasteiger partial charge >= 0.3 is 11.9 Å². The van der Waals surface area contributed by atoms with Crippen LogP contribution in [0.15, 0.2) is 0 Å². The maximum Gasteiger partial charge on any atom is 0.302 e. The van der Waals surface area contributed by atoms with Crippen molar-refractivity contribution >= 4 is 11.9 Å². The molecule has 0 aliphatic carbocycles. The van der Waals surface area contributed by atoms with Crippen LogP contribution in [0.4, 0.5) is 0 Å². The lowest BCUT2D eigenvalue weighted by Gasteiger charge is -2.08. The van der Waals surface area contributed by atoms with Gasteiger partial charge in [0, 0.05) is 27.6 Å². The molecule has 0 saturated heterocycles. The molecule has 0 N–H and O–H groups in total. The topological polar surface area (TPSA) is 89.5 Å². The first-order valence-corrected chi connectivity index (χ1v) is 8.96. The maximum atomic E-state index is 10.4. The maximum absolute atomic E-state index is 10.4. The molecule has 0 aliphatic rings. The summed E-state index contributed by atoms with van der Waals surface area (Å²) in [4.78, 5) is 20.7. The molecule has 8 heteroatoms. The molecular formula is C18H36O8. The zero-order valence-corrected chi connectivity index (χ0v) is 16.9. The average Bonchev–Trinajstić information content (AvgIpc) is 2.56. The summed E-state index contributed by atoms with van der Waals surface area (Å²) in [6, 6.07) is 0. The molecule has 1 unspecified atom stereocenters. The lowest BCUT2D eigenvalue weighted by Crippen LogP contribution is -2.17. The summed E-state index contributed by atoms with van der Waals surface area (Å²) in [5, 5.41) is 0. The van der Waals surface area contributed by atoms with E-state index in [0.29, 0.717) is 46.2 Å². The van der Waals surface area contributed by atoms with E-state index in [1.54, 1.807) is 14.0 Å². The summed E-state index contributed by atoms with van der Waals surface area (Å²) in [6.07, 6.45) is 2.11. The van der Waals surface area contributed by atoms with Crippen LogP contribution in [0.25, 0.3) is 0 Å². The van der Waals surface area contributed by atoms with Gasteiger partial charge < -0.3 is 28.4 Å². The fraction of sp³-hybridized carbons (Fsp3) is 0.889. The van der Waals surface area contributed by atoms with Crippen molar-refractivity contribution in [3.8, 4) is 0 Å². The quantitative estimate of drug-likeness (QED) is 0.315. The highest BCUT2D eigenvalue weighted by atomic mass is 16.6. The molecule has 0 aromatic carbocycles. The Morgan fingerprint density at radius 1 is 0.808 bits per heavy atom. The molecule has 0 heterocycles. The summed E-state index contributed by atoms with van der Waals surface area (Å²) in [5.74, 6) is -0.548. The van der Waals surface area contributed by atoms with E-state index in [0.717, 1.165) is 19.4 Å². The Morgan fingerprint density at radius 3 is 1.73 bits per heavy atom. The number of esters is 2. The van der Waals surface area contributed by atoms with Gasteiger partial charge in [-0.25, -0.2) is 0 Å². The van der Waals surface area contributed by atoms with Gasteiger partial charge in [-0.2, -0.15) is 0 Å². The summed E-state index contributed by atoms with van der Waals surface area (Å²) in [5.41, 5.74) is 0. The number of unbranched alkanes of at least 4 members (excludes halogenated alkanes) is 1. The number of ether oxygens (including phenoxy) is 6. The van der Waals surface area contributed by atoms with Crippen LogP contribution in [0.3, 0.4) is 0 Å². The van der Waals surface area contributed by atoms with Crippen molar-refractivity contribution in [1.29, 1.82) is 0 Å². The van der Waals surface area contributed by atoms with Gasteiger partial charge in [0.05, 0.1) is 39.6 Å². The van der Waals surface area contributed by atoms with E-state index in [1.807, 2.05) is 0 Å².